The normalized spacial score (nSPS) is 12.3. The molecule has 1 unspecified atom stereocenters. The molecule has 0 bridgehead atoms. The standard InChI is InChI=1S/C11H15NO3/c1-7-4-5-9(12(2)3)8(6-7)10(13)11(14)15/h4-6,10,13H,1-3H3,(H,14,15). The molecule has 0 fully saturated rings. The highest BCUT2D eigenvalue weighted by Gasteiger charge is 2.20. The first-order valence-electron chi connectivity index (χ1n) is 4.62. The maximum absolute atomic E-state index is 10.7. The Hall–Kier alpha value is -1.55. The minimum absolute atomic E-state index is 0.424. The summed E-state index contributed by atoms with van der Waals surface area (Å²) in [5, 5.41) is 18.3. The van der Waals surface area contributed by atoms with Crippen LogP contribution in [0.4, 0.5) is 5.69 Å². The summed E-state index contributed by atoms with van der Waals surface area (Å²) in [6, 6.07) is 5.37. The maximum atomic E-state index is 10.7. The molecule has 0 spiro atoms. The third-order valence-electron chi connectivity index (χ3n) is 2.19. The lowest BCUT2D eigenvalue weighted by molar-refractivity contribution is -0.146. The fourth-order valence-corrected chi connectivity index (χ4v) is 1.43. The van der Waals surface area contributed by atoms with E-state index in [0.717, 1.165) is 11.3 Å². The van der Waals surface area contributed by atoms with Crippen LogP contribution in [0.3, 0.4) is 0 Å². The smallest absolute Gasteiger partial charge is 0.337 e. The van der Waals surface area contributed by atoms with Gasteiger partial charge in [0.1, 0.15) is 0 Å². The fraction of sp³-hybridized carbons (Fsp3) is 0.364. The summed E-state index contributed by atoms with van der Waals surface area (Å²) in [5.74, 6) is -1.23. The van der Waals surface area contributed by atoms with E-state index >= 15 is 0 Å². The van der Waals surface area contributed by atoms with E-state index in [0.29, 0.717) is 5.56 Å². The molecule has 1 aromatic carbocycles. The molecule has 0 heterocycles. The number of aliphatic hydroxyl groups is 1. The Labute approximate surface area is 88.8 Å². The molecule has 0 aliphatic rings. The number of aryl methyl sites for hydroxylation is 1. The second-order valence-electron chi connectivity index (χ2n) is 3.70. The number of carboxylic acids is 1. The van der Waals surface area contributed by atoms with Gasteiger partial charge in [-0.2, -0.15) is 0 Å². The van der Waals surface area contributed by atoms with Gasteiger partial charge in [-0.25, -0.2) is 4.79 Å². The van der Waals surface area contributed by atoms with Gasteiger partial charge >= 0.3 is 5.97 Å². The molecule has 0 saturated heterocycles. The number of anilines is 1. The third kappa shape index (κ3) is 2.47. The average Bonchev–Trinajstić information content (AvgIpc) is 2.15. The SMILES string of the molecule is Cc1ccc(N(C)C)c(C(O)C(=O)O)c1. The summed E-state index contributed by atoms with van der Waals surface area (Å²) in [4.78, 5) is 12.5. The lowest BCUT2D eigenvalue weighted by Gasteiger charge is -2.19. The lowest BCUT2D eigenvalue weighted by Crippen LogP contribution is -2.17. The summed E-state index contributed by atoms with van der Waals surface area (Å²) in [7, 11) is 3.62. The summed E-state index contributed by atoms with van der Waals surface area (Å²) >= 11 is 0. The topological polar surface area (TPSA) is 60.8 Å². The average molecular weight is 209 g/mol. The first kappa shape index (κ1) is 11.5. The zero-order chi connectivity index (χ0) is 11.6. The Morgan fingerprint density at radius 2 is 2.00 bits per heavy atom. The van der Waals surface area contributed by atoms with Crippen LogP contribution < -0.4 is 4.90 Å². The van der Waals surface area contributed by atoms with E-state index in [1.54, 1.807) is 17.0 Å². The van der Waals surface area contributed by atoms with Crippen LogP contribution in [-0.4, -0.2) is 30.3 Å². The number of aliphatic hydroxyl groups excluding tert-OH is 1. The van der Waals surface area contributed by atoms with Crippen LogP contribution in [0.25, 0.3) is 0 Å². The Morgan fingerprint density at radius 1 is 1.40 bits per heavy atom. The van der Waals surface area contributed by atoms with Gasteiger partial charge in [0.05, 0.1) is 0 Å². The summed E-state index contributed by atoms with van der Waals surface area (Å²) < 4.78 is 0. The second kappa shape index (κ2) is 4.31. The van der Waals surface area contributed by atoms with Crippen molar-refractivity contribution in [3.05, 3.63) is 29.3 Å². The highest BCUT2D eigenvalue weighted by atomic mass is 16.4. The molecule has 15 heavy (non-hydrogen) atoms. The molecule has 0 aliphatic carbocycles. The van der Waals surface area contributed by atoms with Crippen LogP contribution in [0.1, 0.15) is 17.2 Å². The molecular weight excluding hydrogens is 194 g/mol. The number of carbonyl (C=O) groups is 1. The molecule has 1 rings (SSSR count). The van der Waals surface area contributed by atoms with E-state index in [1.165, 1.54) is 0 Å². The fourth-order valence-electron chi connectivity index (χ4n) is 1.43. The van der Waals surface area contributed by atoms with E-state index in [1.807, 2.05) is 27.1 Å². The van der Waals surface area contributed by atoms with Gasteiger partial charge in [-0.1, -0.05) is 17.7 Å². The number of nitrogens with zero attached hydrogens (tertiary/aromatic N) is 1. The minimum atomic E-state index is -1.47. The molecule has 4 heteroatoms. The van der Waals surface area contributed by atoms with E-state index in [-0.39, 0.29) is 0 Å². The van der Waals surface area contributed by atoms with E-state index in [9.17, 15) is 9.90 Å². The van der Waals surface area contributed by atoms with Crippen molar-refractivity contribution in [3.8, 4) is 0 Å². The molecule has 82 valence electrons. The Morgan fingerprint density at radius 3 is 2.47 bits per heavy atom. The van der Waals surface area contributed by atoms with Gasteiger partial charge in [-0.05, 0) is 13.0 Å². The number of hydrogen-bond donors (Lipinski definition) is 2. The van der Waals surface area contributed by atoms with Gasteiger partial charge in [0.15, 0.2) is 6.10 Å². The quantitative estimate of drug-likeness (QED) is 0.784. The second-order valence-corrected chi connectivity index (χ2v) is 3.70. The molecule has 0 saturated carbocycles. The van der Waals surface area contributed by atoms with Crippen molar-refractivity contribution in [2.45, 2.75) is 13.0 Å². The van der Waals surface area contributed by atoms with Crippen molar-refractivity contribution >= 4 is 11.7 Å². The highest BCUT2D eigenvalue weighted by molar-refractivity contribution is 5.77. The van der Waals surface area contributed by atoms with Crippen LogP contribution >= 0.6 is 0 Å². The molecule has 0 amide bonds. The number of rotatable bonds is 3. The van der Waals surface area contributed by atoms with Crippen molar-refractivity contribution < 1.29 is 15.0 Å². The molecule has 4 nitrogen and oxygen atoms in total. The van der Waals surface area contributed by atoms with Gasteiger partial charge in [-0.3, -0.25) is 0 Å². The molecule has 0 aromatic heterocycles. The van der Waals surface area contributed by atoms with Crippen LogP contribution in [-0.2, 0) is 4.79 Å². The molecule has 1 aromatic rings. The van der Waals surface area contributed by atoms with Gasteiger partial charge in [0.2, 0.25) is 0 Å². The predicted molar refractivity (Wildman–Crippen MR) is 58.1 cm³/mol. The van der Waals surface area contributed by atoms with E-state index < -0.39 is 12.1 Å². The van der Waals surface area contributed by atoms with Crippen molar-refractivity contribution in [1.82, 2.24) is 0 Å². The van der Waals surface area contributed by atoms with Crippen LogP contribution in [0.2, 0.25) is 0 Å². The monoisotopic (exact) mass is 209 g/mol. The van der Waals surface area contributed by atoms with Gasteiger partial charge in [0.25, 0.3) is 0 Å². The van der Waals surface area contributed by atoms with Crippen molar-refractivity contribution in [2.24, 2.45) is 0 Å². The predicted octanol–water partition coefficient (Wildman–Crippen LogP) is 1.18. The van der Waals surface area contributed by atoms with Crippen molar-refractivity contribution in [2.75, 3.05) is 19.0 Å². The Balaban J connectivity index is 3.24. The maximum Gasteiger partial charge on any atom is 0.337 e. The Bertz CT molecular complexity index is 374. The molecule has 1 atom stereocenters. The van der Waals surface area contributed by atoms with Crippen molar-refractivity contribution in [1.29, 1.82) is 0 Å². The number of benzene rings is 1. The molecular formula is C11H15NO3. The van der Waals surface area contributed by atoms with Crippen molar-refractivity contribution in [3.63, 3.8) is 0 Å². The summed E-state index contributed by atoms with van der Waals surface area (Å²) in [6.07, 6.45) is -1.47. The number of carboxylic acid groups (broad SMARTS) is 1. The van der Waals surface area contributed by atoms with Gasteiger partial charge in [-0.15, -0.1) is 0 Å². The lowest BCUT2D eigenvalue weighted by atomic mass is 10.0. The largest absolute Gasteiger partial charge is 0.479 e. The number of aliphatic carboxylic acids is 1. The van der Waals surface area contributed by atoms with Crippen LogP contribution in [0.5, 0.6) is 0 Å². The molecule has 0 aliphatic heterocycles. The van der Waals surface area contributed by atoms with Crippen LogP contribution in [0, 0.1) is 6.92 Å². The zero-order valence-electron chi connectivity index (χ0n) is 9.06. The molecule has 2 N–H and O–H groups in total. The molecule has 0 radical (unpaired) electrons. The van der Waals surface area contributed by atoms with Crippen LogP contribution in [0.15, 0.2) is 18.2 Å². The van der Waals surface area contributed by atoms with Gasteiger partial charge in [0, 0.05) is 25.3 Å². The summed E-state index contributed by atoms with van der Waals surface area (Å²) in [5.41, 5.74) is 2.07. The summed E-state index contributed by atoms with van der Waals surface area (Å²) in [6.45, 7) is 1.86. The third-order valence-corrected chi connectivity index (χ3v) is 2.19. The van der Waals surface area contributed by atoms with E-state index in [2.05, 4.69) is 0 Å². The van der Waals surface area contributed by atoms with Gasteiger partial charge < -0.3 is 15.1 Å². The Kier molecular flexibility index (Phi) is 3.31. The first-order chi connectivity index (χ1) is 6.93. The number of hydrogen-bond acceptors (Lipinski definition) is 3. The minimum Gasteiger partial charge on any atom is -0.479 e. The van der Waals surface area contributed by atoms with E-state index in [4.69, 9.17) is 5.11 Å². The highest BCUT2D eigenvalue weighted by Crippen LogP contribution is 2.26. The zero-order valence-corrected chi connectivity index (χ0v) is 9.06. The first-order valence-corrected chi connectivity index (χ1v) is 4.62.